The number of ether oxygens (including phenoxy) is 1. The van der Waals surface area contributed by atoms with Crippen molar-refractivity contribution in [2.75, 3.05) is 11.9 Å². The van der Waals surface area contributed by atoms with Gasteiger partial charge in [0, 0.05) is 12.7 Å². The fourth-order valence-electron chi connectivity index (χ4n) is 3.30. The van der Waals surface area contributed by atoms with Crippen molar-refractivity contribution in [1.29, 1.82) is 0 Å². The van der Waals surface area contributed by atoms with E-state index in [1.807, 2.05) is 0 Å². The first-order valence-electron chi connectivity index (χ1n) is 7.70. The first-order valence-corrected chi connectivity index (χ1v) is 8.07. The predicted octanol–water partition coefficient (Wildman–Crippen LogP) is 5.16. The van der Waals surface area contributed by atoms with Gasteiger partial charge in [-0.1, -0.05) is 11.6 Å². The van der Waals surface area contributed by atoms with Gasteiger partial charge in [-0.25, -0.2) is 0 Å². The van der Waals surface area contributed by atoms with Crippen molar-refractivity contribution < 1.29 is 22.7 Å². The molecular formula is C18H13ClF3NO2. The second kappa shape index (κ2) is 5.14. The standard InChI is InChI=1S/C18H13ClF3NO2/c1-23-14-4-3-11(9-12(14)17(6-7-17)16(23)24)25-15-5-2-10(8-13(15)19)18(20,21)22/h2-5,8-9H,6-7H2,1H3. The topological polar surface area (TPSA) is 29.5 Å². The minimum absolute atomic E-state index is 0.0761. The molecule has 3 nitrogen and oxygen atoms in total. The number of rotatable bonds is 2. The molecule has 0 radical (unpaired) electrons. The van der Waals surface area contributed by atoms with Crippen molar-refractivity contribution in [3.8, 4) is 11.5 Å². The van der Waals surface area contributed by atoms with Crippen LogP contribution >= 0.6 is 11.6 Å². The number of carbonyl (C=O) groups is 1. The third kappa shape index (κ3) is 2.47. The lowest BCUT2D eigenvalue weighted by molar-refractivity contribution is -0.137. The number of nitrogens with zero attached hydrogens (tertiary/aromatic N) is 1. The lowest BCUT2D eigenvalue weighted by Gasteiger charge is -2.13. The Bertz CT molecular complexity index is 890. The van der Waals surface area contributed by atoms with Gasteiger partial charge in [0.25, 0.3) is 0 Å². The molecule has 1 amide bonds. The number of alkyl halides is 3. The third-order valence-electron chi connectivity index (χ3n) is 4.80. The first kappa shape index (κ1) is 16.3. The van der Waals surface area contributed by atoms with Crippen molar-refractivity contribution in [1.82, 2.24) is 0 Å². The minimum Gasteiger partial charge on any atom is -0.456 e. The fraction of sp³-hybridized carbons (Fsp3) is 0.278. The van der Waals surface area contributed by atoms with Crippen LogP contribution in [0, 0.1) is 0 Å². The number of amides is 1. The van der Waals surface area contributed by atoms with Crippen molar-refractivity contribution in [3.63, 3.8) is 0 Å². The molecule has 0 atom stereocenters. The quantitative estimate of drug-likeness (QED) is 0.733. The number of hydrogen-bond acceptors (Lipinski definition) is 2. The number of carbonyl (C=O) groups excluding carboxylic acids is 1. The maximum absolute atomic E-state index is 12.7. The SMILES string of the molecule is CN1C(=O)C2(CC2)c2cc(Oc3ccc(C(F)(F)F)cc3Cl)ccc21. The van der Waals surface area contributed by atoms with Crippen LogP contribution in [0.15, 0.2) is 36.4 Å². The third-order valence-corrected chi connectivity index (χ3v) is 5.09. The van der Waals surface area contributed by atoms with Crippen LogP contribution in [0.3, 0.4) is 0 Å². The first-order chi connectivity index (χ1) is 11.7. The highest BCUT2D eigenvalue weighted by molar-refractivity contribution is 6.32. The summed E-state index contributed by atoms with van der Waals surface area (Å²) in [6.07, 6.45) is -2.86. The van der Waals surface area contributed by atoms with Crippen LogP contribution in [0.4, 0.5) is 18.9 Å². The second-order valence-corrected chi connectivity index (χ2v) is 6.78. The predicted molar refractivity (Wildman–Crippen MR) is 87.3 cm³/mol. The number of benzene rings is 2. The summed E-state index contributed by atoms with van der Waals surface area (Å²) in [6, 6.07) is 8.20. The van der Waals surface area contributed by atoms with Gasteiger partial charge in [0.1, 0.15) is 11.5 Å². The summed E-state index contributed by atoms with van der Waals surface area (Å²) in [6.45, 7) is 0. The molecule has 0 aromatic heterocycles. The van der Waals surface area contributed by atoms with Crippen molar-refractivity contribution >= 4 is 23.2 Å². The van der Waals surface area contributed by atoms with Gasteiger partial charge >= 0.3 is 6.18 Å². The smallest absolute Gasteiger partial charge is 0.416 e. The Morgan fingerprint density at radius 2 is 1.88 bits per heavy atom. The Kier molecular flexibility index (Phi) is 3.35. The zero-order chi connectivity index (χ0) is 18.0. The van der Waals surface area contributed by atoms with Gasteiger partial charge in [0.15, 0.2) is 0 Å². The Morgan fingerprint density at radius 1 is 1.16 bits per heavy atom. The largest absolute Gasteiger partial charge is 0.456 e. The highest BCUT2D eigenvalue weighted by Crippen LogP contribution is 2.57. The summed E-state index contributed by atoms with van der Waals surface area (Å²) in [5.74, 6) is 0.652. The van der Waals surface area contributed by atoms with Crippen LogP contribution in [0.5, 0.6) is 11.5 Å². The van der Waals surface area contributed by atoms with Crippen LogP contribution in [0.2, 0.25) is 5.02 Å². The normalized spacial score (nSPS) is 17.8. The number of likely N-dealkylation sites (N-methyl/N-ethyl adjacent to an activating group) is 1. The summed E-state index contributed by atoms with van der Waals surface area (Å²) >= 11 is 5.93. The minimum atomic E-state index is -4.46. The maximum atomic E-state index is 12.7. The van der Waals surface area contributed by atoms with E-state index in [0.717, 1.165) is 36.2 Å². The summed E-state index contributed by atoms with van der Waals surface area (Å²) in [7, 11) is 1.74. The molecule has 2 aromatic rings. The molecule has 1 heterocycles. The lowest BCUT2D eigenvalue weighted by Crippen LogP contribution is -2.27. The highest BCUT2D eigenvalue weighted by atomic mass is 35.5. The van der Waals surface area contributed by atoms with Gasteiger partial charge in [-0.3, -0.25) is 4.79 Å². The zero-order valence-electron chi connectivity index (χ0n) is 13.2. The van der Waals surface area contributed by atoms with Gasteiger partial charge in [-0.15, -0.1) is 0 Å². The van der Waals surface area contributed by atoms with Crippen molar-refractivity contribution in [3.05, 3.63) is 52.5 Å². The van der Waals surface area contributed by atoms with E-state index < -0.39 is 17.2 Å². The van der Waals surface area contributed by atoms with E-state index >= 15 is 0 Å². The molecule has 7 heteroatoms. The van der Waals surface area contributed by atoms with E-state index in [4.69, 9.17) is 16.3 Å². The monoisotopic (exact) mass is 367 g/mol. The molecular weight excluding hydrogens is 355 g/mol. The molecule has 1 spiro atoms. The molecule has 4 rings (SSSR count). The molecule has 1 saturated carbocycles. The summed E-state index contributed by atoms with van der Waals surface area (Å²) in [5.41, 5.74) is 0.463. The van der Waals surface area contributed by atoms with Gasteiger partial charge in [0.05, 0.1) is 16.0 Å². The number of fused-ring (bicyclic) bond motifs is 2. The van der Waals surface area contributed by atoms with Gasteiger partial charge in [0.2, 0.25) is 5.91 Å². The lowest BCUT2D eigenvalue weighted by atomic mass is 9.98. The molecule has 0 unspecified atom stereocenters. The molecule has 0 N–H and O–H groups in total. The van der Waals surface area contributed by atoms with Crippen LogP contribution in [-0.4, -0.2) is 13.0 Å². The summed E-state index contributed by atoms with van der Waals surface area (Å²) < 4.78 is 43.8. The summed E-state index contributed by atoms with van der Waals surface area (Å²) in [5, 5.41) is -0.121. The van der Waals surface area contributed by atoms with E-state index in [2.05, 4.69) is 0 Å². The van der Waals surface area contributed by atoms with E-state index in [1.165, 1.54) is 6.07 Å². The second-order valence-electron chi connectivity index (χ2n) is 6.37. The van der Waals surface area contributed by atoms with E-state index in [-0.39, 0.29) is 16.7 Å². The van der Waals surface area contributed by atoms with Crippen LogP contribution in [0.25, 0.3) is 0 Å². The van der Waals surface area contributed by atoms with Gasteiger partial charge in [-0.05, 0) is 54.8 Å². The Morgan fingerprint density at radius 3 is 2.48 bits per heavy atom. The maximum Gasteiger partial charge on any atom is 0.416 e. The van der Waals surface area contributed by atoms with Gasteiger partial charge < -0.3 is 9.64 Å². The van der Waals surface area contributed by atoms with Crippen molar-refractivity contribution in [2.45, 2.75) is 24.4 Å². The fourth-order valence-corrected chi connectivity index (χ4v) is 3.51. The van der Waals surface area contributed by atoms with E-state index in [0.29, 0.717) is 5.75 Å². The molecule has 1 aliphatic carbocycles. The van der Waals surface area contributed by atoms with Crippen LogP contribution in [-0.2, 0) is 16.4 Å². The number of halogens is 4. The zero-order valence-corrected chi connectivity index (χ0v) is 13.9. The highest BCUT2D eigenvalue weighted by Gasteiger charge is 2.58. The molecule has 1 aliphatic heterocycles. The Labute approximate surface area is 147 Å². The van der Waals surface area contributed by atoms with E-state index in [9.17, 15) is 18.0 Å². The average molecular weight is 368 g/mol. The molecule has 0 saturated heterocycles. The molecule has 25 heavy (non-hydrogen) atoms. The van der Waals surface area contributed by atoms with Crippen LogP contribution < -0.4 is 9.64 Å². The molecule has 1 fully saturated rings. The van der Waals surface area contributed by atoms with Crippen LogP contribution in [0.1, 0.15) is 24.0 Å². The molecule has 2 aromatic carbocycles. The van der Waals surface area contributed by atoms with Gasteiger partial charge in [-0.2, -0.15) is 13.2 Å². The Hall–Kier alpha value is -2.21. The molecule has 130 valence electrons. The number of hydrogen-bond donors (Lipinski definition) is 0. The van der Waals surface area contributed by atoms with E-state index in [1.54, 1.807) is 30.1 Å². The Balaban J connectivity index is 1.65. The average Bonchev–Trinajstić information content (AvgIpc) is 3.32. The number of anilines is 1. The van der Waals surface area contributed by atoms with Crippen molar-refractivity contribution in [2.24, 2.45) is 0 Å². The molecule has 2 aliphatic rings. The molecule has 0 bridgehead atoms. The summed E-state index contributed by atoms with van der Waals surface area (Å²) in [4.78, 5) is 14.0.